The van der Waals surface area contributed by atoms with E-state index in [0.717, 1.165) is 44.9 Å². The second kappa shape index (κ2) is 15.5. The zero-order chi connectivity index (χ0) is 31.9. The molecule has 8 nitrogen and oxygen atoms in total. The van der Waals surface area contributed by atoms with Gasteiger partial charge < -0.3 is 30.3 Å². The van der Waals surface area contributed by atoms with Crippen LogP contribution in [-0.4, -0.2) is 60.4 Å². The summed E-state index contributed by atoms with van der Waals surface area (Å²) in [7, 11) is 0. The van der Waals surface area contributed by atoms with Gasteiger partial charge in [0.25, 0.3) is 0 Å². The van der Waals surface area contributed by atoms with Crippen LogP contribution in [0.5, 0.6) is 0 Å². The fourth-order valence-electron chi connectivity index (χ4n) is 10.0. The number of hydrogen-bond donors (Lipinski definition) is 4. The number of ether oxygens (including phenoxy) is 2. The Morgan fingerprint density at radius 3 is 2.52 bits per heavy atom. The first-order chi connectivity index (χ1) is 21.0. The molecular formula is C36H58N2O6. The van der Waals surface area contributed by atoms with E-state index in [2.05, 4.69) is 37.3 Å². The molecule has 4 saturated carbocycles. The zero-order valence-electron chi connectivity index (χ0n) is 27.6. The lowest BCUT2D eigenvalue weighted by Crippen LogP contribution is -2.58. The van der Waals surface area contributed by atoms with Crippen LogP contribution in [0.25, 0.3) is 0 Å². The molecule has 2 amide bonds. The summed E-state index contributed by atoms with van der Waals surface area (Å²) in [6.07, 6.45) is 18.4. The van der Waals surface area contributed by atoms with Gasteiger partial charge in [-0.05, 0) is 123 Å². The van der Waals surface area contributed by atoms with Crippen LogP contribution in [0.15, 0.2) is 12.2 Å². The number of fused-ring (bicyclic) bond motifs is 5. The lowest BCUT2D eigenvalue weighted by molar-refractivity contribution is -0.174. The highest BCUT2D eigenvalue weighted by Gasteiger charge is 2.62. The van der Waals surface area contributed by atoms with Gasteiger partial charge in [-0.25, -0.2) is 4.79 Å². The Morgan fingerprint density at radius 2 is 1.77 bits per heavy atom. The van der Waals surface area contributed by atoms with Gasteiger partial charge in [0.15, 0.2) is 0 Å². The number of rotatable bonds is 13. The van der Waals surface area contributed by atoms with Crippen LogP contribution in [0.4, 0.5) is 4.79 Å². The van der Waals surface area contributed by atoms with Crippen LogP contribution in [0.2, 0.25) is 0 Å². The molecule has 4 N–H and O–H groups in total. The standard InChI is InChI=1S/C36H58N2O6/c1-6-10-31(38-34(42)44-21-20-43-19-7-2)37-32(41)12-9-8-11-24(3)27-13-14-28-33-29(16-18-36(27,28)5)35(4)17-15-26(39)22-25(35)23-30(33)40/h1,9,12,24-31,33,39-40H,7-8,10-11,13-23H2,2-5H3,(H,37,41)(H,38,42)/t24-,25+,26-,27-,28+,29+,30?,31?,33+,35+,36-/m1/s1. The molecule has 4 fully saturated rings. The van der Waals surface area contributed by atoms with Crippen molar-refractivity contribution in [3.63, 3.8) is 0 Å². The molecule has 0 aromatic heterocycles. The SMILES string of the molecule is C#CCC(NC(=O)C=CCC[C@@H](C)[C@H]1CC[C@H]2[C@@H]3C(O)C[C@@H]4C[C@H](O)CC[C@]4(C)[C@H]3CC[C@]12C)NC(=O)OCCOCCC. The number of allylic oxidation sites excluding steroid dienone is 1. The average molecular weight is 615 g/mol. The summed E-state index contributed by atoms with van der Waals surface area (Å²) < 4.78 is 10.4. The van der Waals surface area contributed by atoms with E-state index in [-0.39, 0.29) is 42.0 Å². The number of amides is 2. The average Bonchev–Trinajstić information content (AvgIpc) is 3.33. The molecule has 11 atom stereocenters. The number of carbonyl (C=O) groups is 2. The van der Waals surface area contributed by atoms with Gasteiger partial charge >= 0.3 is 6.09 Å². The highest BCUT2D eigenvalue weighted by molar-refractivity contribution is 5.88. The molecule has 4 rings (SSSR count). The Morgan fingerprint density at radius 1 is 1.02 bits per heavy atom. The summed E-state index contributed by atoms with van der Waals surface area (Å²) in [6, 6.07) is 0. The first-order valence-electron chi connectivity index (χ1n) is 17.3. The molecule has 0 aromatic carbocycles. The highest BCUT2D eigenvalue weighted by atomic mass is 16.6. The third kappa shape index (κ3) is 7.82. The molecule has 4 aliphatic rings. The molecule has 0 spiro atoms. The molecule has 4 aliphatic carbocycles. The van der Waals surface area contributed by atoms with Crippen LogP contribution in [0.1, 0.15) is 105 Å². The minimum Gasteiger partial charge on any atom is -0.447 e. The second-order valence-corrected chi connectivity index (χ2v) is 14.8. The van der Waals surface area contributed by atoms with E-state index in [0.29, 0.717) is 48.7 Å². The van der Waals surface area contributed by atoms with E-state index in [1.807, 2.05) is 13.0 Å². The Hall–Kier alpha value is -2.08. The predicted octanol–water partition coefficient (Wildman–Crippen LogP) is 5.57. The molecule has 248 valence electrons. The maximum absolute atomic E-state index is 12.6. The van der Waals surface area contributed by atoms with Crippen LogP contribution in [-0.2, 0) is 14.3 Å². The van der Waals surface area contributed by atoms with Crippen LogP contribution in [0.3, 0.4) is 0 Å². The zero-order valence-corrected chi connectivity index (χ0v) is 27.6. The monoisotopic (exact) mass is 614 g/mol. The maximum Gasteiger partial charge on any atom is 0.408 e. The van der Waals surface area contributed by atoms with Crippen molar-refractivity contribution in [2.45, 2.75) is 123 Å². The van der Waals surface area contributed by atoms with E-state index in [9.17, 15) is 19.8 Å². The van der Waals surface area contributed by atoms with E-state index in [4.69, 9.17) is 15.9 Å². The number of hydrogen-bond acceptors (Lipinski definition) is 6. The molecule has 2 unspecified atom stereocenters. The van der Waals surface area contributed by atoms with Crippen molar-refractivity contribution in [2.75, 3.05) is 19.8 Å². The van der Waals surface area contributed by atoms with E-state index < -0.39 is 12.3 Å². The summed E-state index contributed by atoms with van der Waals surface area (Å²) in [5.74, 6) is 5.26. The van der Waals surface area contributed by atoms with Crippen molar-refractivity contribution in [1.82, 2.24) is 10.6 Å². The van der Waals surface area contributed by atoms with Crippen molar-refractivity contribution < 1.29 is 29.3 Å². The fourth-order valence-corrected chi connectivity index (χ4v) is 10.0. The lowest BCUT2D eigenvalue weighted by Gasteiger charge is -2.62. The fraction of sp³-hybridized carbons (Fsp3) is 0.833. The summed E-state index contributed by atoms with van der Waals surface area (Å²) in [5.41, 5.74) is 0.489. The normalized spacial score (nSPS) is 37.6. The Balaban J connectivity index is 1.25. The van der Waals surface area contributed by atoms with Crippen molar-refractivity contribution in [2.24, 2.45) is 46.3 Å². The van der Waals surface area contributed by atoms with Gasteiger partial charge in [-0.15, -0.1) is 12.3 Å². The number of nitrogens with one attached hydrogen (secondary N) is 2. The Labute approximate surface area is 265 Å². The largest absolute Gasteiger partial charge is 0.447 e. The molecule has 0 radical (unpaired) electrons. The molecule has 0 heterocycles. The van der Waals surface area contributed by atoms with E-state index in [1.165, 1.54) is 31.8 Å². The smallest absolute Gasteiger partial charge is 0.408 e. The highest BCUT2D eigenvalue weighted by Crippen LogP contribution is 2.68. The van der Waals surface area contributed by atoms with Crippen LogP contribution < -0.4 is 10.6 Å². The Bertz CT molecular complexity index is 1040. The second-order valence-electron chi connectivity index (χ2n) is 14.8. The molecule has 0 aromatic rings. The van der Waals surface area contributed by atoms with Gasteiger partial charge in [0.1, 0.15) is 12.8 Å². The first kappa shape index (κ1) is 34.8. The number of terminal acetylenes is 1. The van der Waals surface area contributed by atoms with E-state index in [1.54, 1.807) is 0 Å². The minimum absolute atomic E-state index is 0.133. The topological polar surface area (TPSA) is 117 Å². The van der Waals surface area contributed by atoms with Gasteiger partial charge in [0, 0.05) is 13.0 Å². The lowest BCUT2D eigenvalue weighted by atomic mass is 9.43. The first-order valence-corrected chi connectivity index (χ1v) is 17.3. The molecule has 0 saturated heterocycles. The molecule has 44 heavy (non-hydrogen) atoms. The van der Waals surface area contributed by atoms with Crippen molar-refractivity contribution >= 4 is 12.0 Å². The Kier molecular flexibility index (Phi) is 12.2. The third-order valence-electron chi connectivity index (χ3n) is 12.2. The maximum atomic E-state index is 12.6. The summed E-state index contributed by atoms with van der Waals surface area (Å²) in [4.78, 5) is 24.6. The van der Waals surface area contributed by atoms with Gasteiger partial charge in [-0.2, -0.15) is 0 Å². The van der Waals surface area contributed by atoms with Gasteiger partial charge in [-0.1, -0.05) is 33.8 Å². The number of carbonyl (C=O) groups excluding carboxylic acids is 2. The van der Waals surface area contributed by atoms with Crippen LogP contribution >= 0.6 is 0 Å². The van der Waals surface area contributed by atoms with Gasteiger partial charge in [-0.3, -0.25) is 4.79 Å². The molecule has 0 aliphatic heterocycles. The van der Waals surface area contributed by atoms with E-state index >= 15 is 0 Å². The minimum atomic E-state index is -0.711. The van der Waals surface area contributed by atoms with Crippen LogP contribution in [0, 0.1) is 58.7 Å². The summed E-state index contributed by atoms with van der Waals surface area (Å²) in [5, 5.41) is 27.2. The number of alkyl carbamates (subject to hydrolysis) is 1. The summed E-state index contributed by atoms with van der Waals surface area (Å²) in [6.45, 7) is 10.4. The number of aliphatic hydroxyl groups excluding tert-OH is 2. The molecule has 0 bridgehead atoms. The predicted molar refractivity (Wildman–Crippen MR) is 171 cm³/mol. The third-order valence-corrected chi connectivity index (χ3v) is 12.2. The van der Waals surface area contributed by atoms with Crippen molar-refractivity contribution in [1.29, 1.82) is 0 Å². The molecular weight excluding hydrogens is 556 g/mol. The van der Waals surface area contributed by atoms with Crippen molar-refractivity contribution in [3.8, 4) is 12.3 Å². The summed E-state index contributed by atoms with van der Waals surface area (Å²) >= 11 is 0. The molecule has 8 heteroatoms. The number of aliphatic hydroxyl groups is 2. The quantitative estimate of drug-likeness (QED) is 0.0933. The van der Waals surface area contributed by atoms with Gasteiger partial charge in [0.05, 0.1) is 18.8 Å². The van der Waals surface area contributed by atoms with Gasteiger partial charge in [0.2, 0.25) is 5.91 Å². The van der Waals surface area contributed by atoms with Crippen molar-refractivity contribution in [3.05, 3.63) is 12.2 Å².